The zero-order valence-electron chi connectivity index (χ0n) is 15.1. The predicted molar refractivity (Wildman–Crippen MR) is 103 cm³/mol. The lowest BCUT2D eigenvalue weighted by Gasteiger charge is -2.18. The van der Waals surface area contributed by atoms with E-state index >= 15 is 0 Å². The topological polar surface area (TPSA) is 47.6 Å². The molecule has 0 aliphatic carbocycles. The van der Waals surface area contributed by atoms with Gasteiger partial charge in [-0.15, -0.1) is 0 Å². The van der Waals surface area contributed by atoms with Crippen LogP contribution in [0.15, 0.2) is 66.7 Å². The molecule has 0 aliphatic heterocycles. The fourth-order valence-corrected chi connectivity index (χ4v) is 2.87. The van der Waals surface area contributed by atoms with Crippen molar-refractivity contribution in [3.05, 3.63) is 72.3 Å². The summed E-state index contributed by atoms with van der Waals surface area (Å²) >= 11 is 0. The zero-order valence-corrected chi connectivity index (χ0v) is 15.1. The number of hydrogen-bond acceptors (Lipinski definition) is 3. The molecule has 0 fully saturated rings. The molecular weight excluding hydrogens is 326 g/mol. The van der Waals surface area contributed by atoms with Gasteiger partial charge in [0.15, 0.2) is 6.10 Å². The van der Waals surface area contributed by atoms with Crippen LogP contribution in [0.2, 0.25) is 0 Å². The van der Waals surface area contributed by atoms with Gasteiger partial charge in [-0.3, -0.25) is 4.79 Å². The first kappa shape index (κ1) is 17.8. The summed E-state index contributed by atoms with van der Waals surface area (Å²) in [5.74, 6) is 1.32. The minimum absolute atomic E-state index is 0.133. The summed E-state index contributed by atoms with van der Waals surface area (Å²) in [6, 6.07) is 21.6. The van der Waals surface area contributed by atoms with Crippen LogP contribution in [0.3, 0.4) is 0 Å². The minimum atomic E-state index is -0.536. The second kappa shape index (κ2) is 8.39. The summed E-state index contributed by atoms with van der Waals surface area (Å²) in [6.07, 6.45) is 0.0516. The van der Waals surface area contributed by atoms with Crippen molar-refractivity contribution >= 4 is 16.7 Å². The molecule has 0 bridgehead atoms. The largest absolute Gasteiger partial charge is 0.496 e. The Bertz CT molecular complexity index is 891. The molecular formula is C22H23NO3. The fourth-order valence-electron chi connectivity index (χ4n) is 2.87. The quantitative estimate of drug-likeness (QED) is 0.691. The van der Waals surface area contributed by atoms with Crippen LogP contribution in [0.5, 0.6) is 11.5 Å². The van der Waals surface area contributed by atoms with E-state index < -0.39 is 6.10 Å². The smallest absolute Gasteiger partial charge is 0.261 e. The predicted octanol–water partition coefficient (Wildman–Crippen LogP) is 4.32. The van der Waals surface area contributed by atoms with E-state index in [1.165, 1.54) is 0 Å². The summed E-state index contributed by atoms with van der Waals surface area (Å²) in [4.78, 5) is 12.5. The van der Waals surface area contributed by atoms with Gasteiger partial charge < -0.3 is 14.8 Å². The Morgan fingerprint density at radius 1 is 1.00 bits per heavy atom. The van der Waals surface area contributed by atoms with Crippen LogP contribution in [0.25, 0.3) is 10.8 Å². The number of ether oxygens (including phenoxy) is 2. The van der Waals surface area contributed by atoms with Crippen molar-refractivity contribution in [3.8, 4) is 11.5 Å². The van der Waals surface area contributed by atoms with E-state index in [4.69, 9.17) is 9.47 Å². The standard InChI is InChI=1S/C22H23NO3/c1-3-20(22(24)23-15-18-10-6-7-11-21(18)25-2)26-19-13-12-16-8-4-5-9-17(16)14-19/h4-14,20H,3,15H2,1-2H3,(H,23,24). The van der Waals surface area contributed by atoms with Gasteiger partial charge in [0, 0.05) is 12.1 Å². The molecule has 0 radical (unpaired) electrons. The average Bonchev–Trinajstić information content (AvgIpc) is 2.70. The third-order valence-electron chi connectivity index (χ3n) is 4.31. The molecule has 26 heavy (non-hydrogen) atoms. The molecule has 3 rings (SSSR count). The number of carbonyl (C=O) groups is 1. The van der Waals surface area contributed by atoms with Crippen LogP contribution in [0.4, 0.5) is 0 Å². The zero-order chi connectivity index (χ0) is 18.4. The SMILES string of the molecule is CCC(Oc1ccc2ccccc2c1)C(=O)NCc1ccccc1OC. The number of methoxy groups -OCH3 is 1. The summed E-state index contributed by atoms with van der Waals surface area (Å²) in [6.45, 7) is 2.34. The lowest BCUT2D eigenvalue weighted by Crippen LogP contribution is -2.37. The molecule has 4 heteroatoms. The van der Waals surface area contributed by atoms with Crippen molar-refractivity contribution < 1.29 is 14.3 Å². The van der Waals surface area contributed by atoms with Gasteiger partial charge in [-0.2, -0.15) is 0 Å². The van der Waals surface area contributed by atoms with Gasteiger partial charge in [-0.05, 0) is 35.4 Å². The summed E-state index contributed by atoms with van der Waals surface area (Å²) in [7, 11) is 1.62. The van der Waals surface area contributed by atoms with Crippen LogP contribution in [0.1, 0.15) is 18.9 Å². The third-order valence-corrected chi connectivity index (χ3v) is 4.31. The lowest BCUT2D eigenvalue weighted by atomic mass is 10.1. The molecule has 1 N–H and O–H groups in total. The fraction of sp³-hybridized carbons (Fsp3) is 0.227. The van der Waals surface area contributed by atoms with Crippen LogP contribution in [-0.2, 0) is 11.3 Å². The second-order valence-corrected chi connectivity index (χ2v) is 6.05. The molecule has 3 aromatic carbocycles. The van der Waals surface area contributed by atoms with Crippen LogP contribution in [0, 0.1) is 0 Å². The maximum Gasteiger partial charge on any atom is 0.261 e. The van der Waals surface area contributed by atoms with E-state index in [1.54, 1.807) is 7.11 Å². The molecule has 0 saturated carbocycles. The molecule has 134 valence electrons. The Morgan fingerprint density at radius 2 is 1.73 bits per heavy atom. The second-order valence-electron chi connectivity index (χ2n) is 6.05. The molecule has 3 aromatic rings. The van der Waals surface area contributed by atoms with E-state index in [-0.39, 0.29) is 5.91 Å². The molecule has 0 heterocycles. The Morgan fingerprint density at radius 3 is 2.50 bits per heavy atom. The average molecular weight is 349 g/mol. The Kier molecular flexibility index (Phi) is 5.74. The minimum Gasteiger partial charge on any atom is -0.496 e. The van der Waals surface area contributed by atoms with E-state index in [9.17, 15) is 4.79 Å². The molecule has 0 spiro atoms. The normalized spacial score (nSPS) is 11.8. The first-order chi connectivity index (χ1) is 12.7. The van der Waals surface area contributed by atoms with Crippen molar-refractivity contribution in [2.45, 2.75) is 26.0 Å². The lowest BCUT2D eigenvalue weighted by molar-refractivity contribution is -0.128. The van der Waals surface area contributed by atoms with E-state index in [0.717, 1.165) is 22.1 Å². The van der Waals surface area contributed by atoms with Gasteiger partial charge in [0.1, 0.15) is 11.5 Å². The molecule has 1 atom stereocenters. The summed E-state index contributed by atoms with van der Waals surface area (Å²) < 4.78 is 11.3. The molecule has 1 unspecified atom stereocenters. The molecule has 0 aromatic heterocycles. The van der Waals surface area contributed by atoms with E-state index in [1.807, 2.05) is 67.6 Å². The number of benzene rings is 3. The van der Waals surface area contributed by atoms with Crippen molar-refractivity contribution in [2.24, 2.45) is 0 Å². The molecule has 1 amide bonds. The van der Waals surface area contributed by atoms with Gasteiger partial charge in [0.2, 0.25) is 0 Å². The Labute approximate surface area is 153 Å². The van der Waals surface area contributed by atoms with Crippen LogP contribution < -0.4 is 14.8 Å². The highest BCUT2D eigenvalue weighted by Crippen LogP contribution is 2.22. The number of rotatable bonds is 7. The number of carbonyl (C=O) groups excluding carboxylic acids is 1. The first-order valence-corrected chi connectivity index (χ1v) is 8.76. The maximum absolute atomic E-state index is 12.5. The highest BCUT2D eigenvalue weighted by atomic mass is 16.5. The number of amides is 1. The molecule has 4 nitrogen and oxygen atoms in total. The van der Waals surface area contributed by atoms with Crippen molar-refractivity contribution in [1.82, 2.24) is 5.32 Å². The van der Waals surface area contributed by atoms with Crippen molar-refractivity contribution in [2.75, 3.05) is 7.11 Å². The molecule has 0 saturated heterocycles. The highest BCUT2D eigenvalue weighted by Gasteiger charge is 2.18. The maximum atomic E-state index is 12.5. The number of fused-ring (bicyclic) bond motifs is 1. The van der Waals surface area contributed by atoms with Gasteiger partial charge >= 0.3 is 0 Å². The number of nitrogens with one attached hydrogen (secondary N) is 1. The third kappa shape index (κ3) is 4.14. The van der Waals surface area contributed by atoms with Gasteiger partial charge in [-0.25, -0.2) is 0 Å². The van der Waals surface area contributed by atoms with Gasteiger partial charge in [0.25, 0.3) is 5.91 Å². The van der Waals surface area contributed by atoms with Crippen molar-refractivity contribution in [3.63, 3.8) is 0 Å². The van der Waals surface area contributed by atoms with E-state index in [0.29, 0.717) is 18.7 Å². The van der Waals surface area contributed by atoms with Gasteiger partial charge in [-0.1, -0.05) is 55.5 Å². The summed E-state index contributed by atoms with van der Waals surface area (Å²) in [5, 5.41) is 5.18. The monoisotopic (exact) mass is 349 g/mol. The Balaban J connectivity index is 1.66. The first-order valence-electron chi connectivity index (χ1n) is 8.76. The summed E-state index contributed by atoms with van der Waals surface area (Å²) in [5.41, 5.74) is 0.934. The number of hydrogen-bond donors (Lipinski definition) is 1. The molecule has 0 aliphatic rings. The van der Waals surface area contributed by atoms with Gasteiger partial charge in [0.05, 0.1) is 7.11 Å². The highest BCUT2D eigenvalue weighted by molar-refractivity contribution is 5.84. The van der Waals surface area contributed by atoms with Crippen LogP contribution >= 0.6 is 0 Å². The Hall–Kier alpha value is -3.01. The van der Waals surface area contributed by atoms with Crippen molar-refractivity contribution in [1.29, 1.82) is 0 Å². The number of para-hydroxylation sites is 1. The van der Waals surface area contributed by atoms with Crippen LogP contribution in [-0.4, -0.2) is 19.1 Å². The van der Waals surface area contributed by atoms with E-state index in [2.05, 4.69) is 11.4 Å².